The Balaban J connectivity index is -0.0000000133. The van der Waals surface area contributed by atoms with Crippen molar-refractivity contribution in [3.05, 3.63) is 0 Å². The Hall–Kier alpha value is 5.29. The van der Waals surface area contributed by atoms with E-state index in [4.69, 9.17) is 19.2 Å². The zero-order valence-electron chi connectivity index (χ0n) is 3.96. The molecule has 2 radical (unpaired) electrons. The van der Waals surface area contributed by atoms with Gasteiger partial charge in [-0.05, 0) is 0 Å². The van der Waals surface area contributed by atoms with Gasteiger partial charge in [0.1, 0.15) is 0 Å². The fraction of sp³-hybridized carbons (Fsp3) is 0. The zero-order chi connectivity index (χ0) is 4.50. The summed E-state index contributed by atoms with van der Waals surface area (Å²) in [6.07, 6.45) is 0. The molecule has 0 rings (SSSR count). The number of rotatable bonds is 0. The Labute approximate surface area is 177 Å². The van der Waals surface area contributed by atoms with Gasteiger partial charge < -0.3 is 14.7 Å². The molecule has 0 aliphatic rings. The molecule has 0 saturated carbocycles. The van der Waals surface area contributed by atoms with E-state index in [2.05, 4.69) is 0 Å². The summed E-state index contributed by atoms with van der Waals surface area (Å²) in [5.41, 5.74) is 0. The summed E-state index contributed by atoms with van der Waals surface area (Å²) in [6, 6.07) is 0. The van der Waals surface area contributed by atoms with Gasteiger partial charge in [0, 0.05) is 156 Å². The summed E-state index contributed by atoms with van der Waals surface area (Å²) in [5, 5.41) is 0. The first-order valence-corrected chi connectivity index (χ1v) is 2.35. The summed E-state index contributed by atoms with van der Waals surface area (Å²) in [4.78, 5) is 21.6. The third-order valence-electron chi connectivity index (χ3n) is 0. The quantitative estimate of drug-likeness (QED) is 0.287. The smallest absolute Gasteiger partial charge is 0.303 e. The van der Waals surface area contributed by atoms with Gasteiger partial charge in [-0.15, -0.1) is 0 Å². The first-order valence-electron chi connectivity index (χ1n) is 0.783. The number of phosphoric acid groups is 1. The molecule has 9 heavy (non-hydrogen) atoms. The summed E-state index contributed by atoms with van der Waals surface area (Å²) in [7, 11) is -4.64. The fourth-order valence-corrected chi connectivity index (χ4v) is 0. The van der Waals surface area contributed by atoms with Crippen LogP contribution < -0.4 is 0 Å². The summed E-state index contributed by atoms with van der Waals surface area (Å²) in [5.74, 6) is 0. The van der Waals surface area contributed by atoms with Crippen molar-refractivity contribution in [2.75, 3.05) is 0 Å². The molecule has 0 aliphatic carbocycles. The van der Waals surface area contributed by atoms with Gasteiger partial charge in [0.05, 0.1) is 0 Å². The van der Waals surface area contributed by atoms with Crippen molar-refractivity contribution in [1.29, 1.82) is 0 Å². The summed E-state index contributed by atoms with van der Waals surface area (Å²) >= 11 is 0. The first kappa shape index (κ1) is 29.2. The first-order chi connectivity index (χ1) is 2.00. The Morgan fingerprint density at radius 2 is 1.11 bits per heavy atom. The molecule has 0 unspecified atom stereocenters. The van der Waals surface area contributed by atoms with Crippen LogP contribution in [0.25, 0.3) is 0 Å². The average molecular weight is 693 g/mol. The minimum atomic E-state index is -4.64. The van der Waals surface area contributed by atoms with Gasteiger partial charge >= 0.3 is 7.82 Å². The minimum absolute atomic E-state index is 0. The van der Waals surface area contributed by atoms with Crippen LogP contribution in [0.5, 0.6) is 0 Å². The van der Waals surface area contributed by atoms with Crippen molar-refractivity contribution in [2.45, 2.75) is 0 Å². The maximum absolute atomic E-state index is 8.88. The van der Waals surface area contributed by atoms with Gasteiger partial charge in [0.2, 0.25) is 0 Å². The molecule has 3 N–H and O–H groups in total. The van der Waals surface area contributed by atoms with Gasteiger partial charge in [-0.1, -0.05) is 0 Å². The standard InChI is InChI=1S/Ce.Gd.La.H3O4P.Tb/c;;;1-5(2,3)4;/h;;;(H3,1,2,3,4);. The van der Waals surface area contributed by atoms with E-state index in [1.54, 1.807) is 0 Å². The molecule has 0 aromatic heterocycles. The third-order valence-corrected chi connectivity index (χ3v) is 0. The van der Waals surface area contributed by atoms with Gasteiger partial charge in [-0.2, -0.15) is 0 Å². The molecule has 0 heterocycles. The van der Waals surface area contributed by atoms with Crippen LogP contribution in [0, 0.1) is 156 Å². The van der Waals surface area contributed by atoms with E-state index < -0.39 is 7.82 Å². The van der Waals surface area contributed by atoms with Gasteiger partial charge in [0.15, 0.2) is 0 Å². The molecule has 0 atom stereocenters. The predicted molar refractivity (Wildman–Crippen MR) is 14.3 cm³/mol. The van der Waals surface area contributed by atoms with Crippen molar-refractivity contribution in [1.82, 2.24) is 0 Å². The van der Waals surface area contributed by atoms with Crippen LogP contribution in [0.1, 0.15) is 0 Å². The van der Waals surface area contributed by atoms with E-state index in [1.807, 2.05) is 0 Å². The van der Waals surface area contributed by atoms with Crippen molar-refractivity contribution in [3.63, 3.8) is 0 Å². The Kier molecular flexibility index (Phi) is 51.2. The molecule has 9 heteroatoms. The molecular formula is H3CeGdLaO4PTb. The minimum Gasteiger partial charge on any atom is -0.303 e. The van der Waals surface area contributed by atoms with Gasteiger partial charge in [-0.25, -0.2) is 4.57 Å². The number of hydrogen-bond acceptors (Lipinski definition) is 1. The maximum atomic E-state index is 8.88. The Bertz CT molecular complexity index is 66.7. The van der Waals surface area contributed by atoms with Crippen molar-refractivity contribution >= 4 is 7.82 Å². The van der Waals surface area contributed by atoms with Crippen LogP contribution in [0.2, 0.25) is 0 Å². The van der Waals surface area contributed by atoms with Gasteiger partial charge in [0.25, 0.3) is 0 Å². The molecule has 0 aromatic rings. The van der Waals surface area contributed by atoms with Crippen LogP contribution in [0.4, 0.5) is 0 Å². The molecule has 0 fully saturated rings. The fourth-order valence-electron chi connectivity index (χ4n) is 0. The SMILES string of the molecule is O=P(O)(O)O.[Ce].[Gd].[La].[Tb]. The van der Waals surface area contributed by atoms with Crippen LogP contribution in [-0.4, -0.2) is 14.7 Å². The Morgan fingerprint density at radius 3 is 1.11 bits per heavy atom. The second-order valence-electron chi connectivity index (χ2n) is 0.513. The van der Waals surface area contributed by atoms with E-state index in [-0.39, 0.29) is 156 Å². The summed E-state index contributed by atoms with van der Waals surface area (Å²) < 4.78 is 8.88. The van der Waals surface area contributed by atoms with Gasteiger partial charge in [-0.3, -0.25) is 0 Å². The van der Waals surface area contributed by atoms with Crippen molar-refractivity contribution in [3.8, 4) is 0 Å². The van der Waals surface area contributed by atoms with Crippen molar-refractivity contribution in [2.24, 2.45) is 0 Å². The molecule has 56 valence electrons. The molecular weight excluding hydrogens is 690 g/mol. The van der Waals surface area contributed by atoms with E-state index in [0.29, 0.717) is 0 Å². The van der Waals surface area contributed by atoms with Crippen molar-refractivity contribution < 1.29 is 175 Å². The normalized spacial score (nSPS) is 6.56. The Morgan fingerprint density at radius 1 is 1.11 bits per heavy atom. The molecule has 0 saturated heterocycles. The molecule has 4 nitrogen and oxygen atoms in total. The molecule has 0 aliphatic heterocycles. The van der Waals surface area contributed by atoms with Crippen LogP contribution in [0.3, 0.4) is 0 Å². The second kappa shape index (κ2) is 15.8. The topological polar surface area (TPSA) is 77.8 Å². The predicted octanol–water partition coefficient (Wildman–Crippen LogP) is -0.929. The molecule has 0 amide bonds. The second-order valence-corrected chi connectivity index (χ2v) is 1.54. The number of hydrogen-bond donors (Lipinski definition) is 3. The van der Waals surface area contributed by atoms with E-state index >= 15 is 0 Å². The molecule has 0 aromatic carbocycles. The zero-order valence-corrected chi connectivity index (χ0v) is 16.0. The average Bonchev–Trinajstić information content (AvgIpc) is 0.722. The molecule has 0 spiro atoms. The molecule has 0 bridgehead atoms. The van der Waals surface area contributed by atoms with E-state index in [1.165, 1.54) is 0 Å². The van der Waals surface area contributed by atoms with E-state index in [0.717, 1.165) is 0 Å². The monoisotopic (exact) mass is 694 g/mol. The summed E-state index contributed by atoms with van der Waals surface area (Å²) in [6.45, 7) is 0. The van der Waals surface area contributed by atoms with Crippen LogP contribution in [-0.2, 0) is 4.57 Å². The van der Waals surface area contributed by atoms with E-state index in [9.17, 15) is 0 Å². The third kappa shape index (κ3) is 60.5. The van der Waals surface area contributed by atoms with Crippen LogP contribution >= 0.6 is 7.82 Å². The maximum Gasteiger partial charge on any atom is 0.466 e. The largest absolute Gasteiger partial charge is 0.466 e. The van der Waals surface area contributed by atoms with Crippen LogP contribution in [0.15, 0.2) is 0 Å².